The van der Waals surface area contributed by atoms with E-state index in [-0.39, 0.29) is 24.9 Å². The van der Waals surface area contributed by atoms with Crippen molar-refractivity contribution in [3.63, 3.8) is 0 Å². The first-order chi connectivity index (χ1) is 7.66. The minimum absolute atomic E-state index is 0.184. The Hall–Kier alpha value is -2.11. The predicted molar refractivity (Wildman–Crippen MR) is 56.0 cm³/mol. The van der Waals surface area contributed by atoms with Crippen LogP contribution in [0, 0.1) is 5.92 Å². The van der Waals surface area contributed by atoms with Gasteiger partial charge in [0.1, 0.15) is 5.82 Å². The van der Waals surface area contributed by atoms with Gasteiger partial charge in [0, 0.05) is 19.3 Å². The van der Waals surface area contributed by atoms with Gasteiger partial charge in [-0.25, -0.2) is 9.78 Å². The van der Waals surface area contributed by atoms with E-state index in [1.165, 1.54) is 4.90 Å². The topological polar surface area (TPSA) is 82.5 Å². The molecule has 1 aliphatic heterocycles. The molecule has 2 heterocycles. The van der Waals surface area contributed by atoms with E-state index in [9.17, 15) is 9.59 Å². The Labute approximate surface area is 91.9 Å². The number of carbonyl (C=O) groups excluding carboxylic acids is 1. The Kier molecular flexibility index (Phi) is 2.72. The summed E-state index contributed by atoms with van der Waals surface area (Å²) < 4.78 is 0. The van der Waals surface area contributed by atoms with Crippen LogP contribution in [0.5, 0.6) is 0 Å². The summed E-state index contributed by atoms with van der Waals surface area (Å²) in [7, 11) is 0. The fourth-order valence-electron chi connectivity index (χ4n) is 1.47. The van der Waals surface area contributed by atoms with Crippen molar-refractivity contribution in [2.24, 2.45) is 5.92 Å². The van der Waals surface area contributed by atoms with Crippen LogP contribution in [-0.4, -0.2) is 40.1 Å². The van der Waals surface area contributed by atoms with E-state index >= 15 is 0 Å². The Bertz CT molecular complexity index is 401. The number of rotatable bonds is 2. The number of amides is 2. The third-order valence-corrected chi connectivity index (χ3v) is 2.44. The number of pyridine rings is 1. The quantitative estimate of drug-likeness (QED) is 0.767. The van der Waals surface area contributed by atoms with Gasteiger partial charge >= 0.3 is 6.09 Å². The molecule has 6 nitrogen and oxygen atoms in total. The van der Waals surface area contributed by atoms with E-state index in [0.29, 0.717) is 5.82 Å². The van der Waals surface area contributed by atoms with E-state index in [2.05, 4.69) is 10.3 Å². The molecule has 0 saturated carbocycles. The van der Waals surface area contributed by atoms with E-state index in [1.54, 1.807) is 24.4 Å². The second-order valence-electron chi connectivity index (χ2n) is 3.59. The molecule has 1 saturated heterocycles. The average molecular weight is 221 g/mol. The van der Waals surface area contributed by atoms with E-state index in [0.717, 1.165) is 0 Å². The van der Waals surface area contributed by atoms with Crippen molar-refractivity contribution >= 4 is 17.8 Å². The van der Waals surface area contributed by atoms with Crippen molar-refractivity contribution in [3.8, 4) is 0 Å². The second kappa shape index (κ2) is 4.18. The fraction of sp³-hybridized carbons (Fsp3) is 0.300. The molecule has 1 aromatic heterocycles. The first-order valence-electron chi connectivity index (χ1n) is 4.86. The number of aromatic nitrogens is 1. The van der Waals surface area contributed by atoms with Crippen molar-refractivity contribution in [2.75, 3.05) is 18.4 Å². The molecule has 0 aromatic carbocycles. The lowest BCUT2D eigenvalue weighted by Crippen LogP contribution is -2.54. The Morgan fingerprint density at radius 1 is 1.44 bits per heavy atom. The highest BCUT2D eigenvalue weighted by Gasteiger charge is 2.35. The molecule has 2 N–H and O–H groups in total. The number of hydrogen-bond acceptors (Lipinski definition) is 3. The Morgan fingerprint density at radius 3 is 2.75 bits per heavy atom. The summed E-state index contributed by atoms with van der Waals surface area (Å²) in [5.74, 6) is 0.0376. The van der Waals surface area contributed by atoms with Crippen molar-refractivity contribution in [1.82, 2.24) is 9.88 Å². The van der Waals surface area contributed by atoms with Crippen LogP contribution in [0.4, 0.5) is 10.6 Å². The molecule has 2 amide bonds. The van der Waals surface area contributed by atoms with Gasteiger partial charge in [-0.1, -0.05) is 6.07 Å². The lowest BCUT2D eigenvalue weighted by Gasteiger charge is -2.35. The summed E-state index contributed by atoms with van der Waals surface area (Å²) in [5, 5.41) is 11.2. The SMILES string of the molecule is O=C(Nc1ccccn1)C1CN(C(=O)O)C1. The van der Waals surface area contributed by atoms with Crippen molar-refractivity contribution in [2.45, 2.75) is 0 Å². The predicted octanol–water partition coefficient (Wildman–Crippen LogP) is 0.630. The van der Waals surface area contributed by atoms with Crippen LogP contribution in [0.25, 0.3) is 0 Å². The number of anilines is 1. The molecule has 84 valence electrons. The van der Waals surface area contributed by atoms with Crippen molar-refractivity contribution < 1.29 is 14.7 Å². The van der Waals surface area contributed by atoms with Gasteiger partial charge in [-0.3, -0.25) is 4.79 Å². The molecule has 0 radical (unpaired) electrons. The second-order valence-corrected chi connectivity index (χ2v) is 3.59. The zero-order chi connectivity index (χ0) is 11.5. The maximum Gasteiger partial charge on any atom is 0.407 e. The van der Waals surface area contributed by atoms with Crippen molar-refractivity contribution in [3.05, 3.63) is 24.4 Å². The van der Waals surface area contributed by atoms with Gasteiger partial charge in [0.05, 0.1) is 5.92 Å². The maximum absolute atomic E-state index is 11.6. The molecular weight excluding hydrogens is 210 g/mol. The van der Waals surface area contributed by atoms with Gasteiger partial charge in [0.15, 0.2) is 0 Å². The van der Waals surface area contributed by atoms with Crippen LogP contribution >= 0.6 is 0 Å². The van der Waals surface area contributed by atoms with Crippen LogP contribution in [0.1, 0.15) is 0 Å². The summed E-state index contributed by atoms with van der Waals surface area (Å²) in [6.45, 7) is 0.516. The summed E-state index contributed by atoms with van der Waals surface area (Å²) in [6.07, 6.45) is 0.599. The van der Waals surface area contributed by atoms with Crippen molar-refractivity contribution in [1.29, 1.82) is 0 Å². The third kappa shape index (κ3) is 2.10. The lowest BCUT2D eigenvalue weighted by atomic mass is 10.00. The highest BCUT2D eigenvalue weighted by molar-refractivity contribution is 5.93. The number of carboxylic acid groups (broad SMARTS) is 1. The molecule has 16 heavy (non-hydrogen) atoms. The number of nitrogens with one attached hydrogen (secondary N) is 1. The standard InChI is InChI=1S/C10H11N3O3/c14-9(7-5-13(6-7)10(15)16)12-8-3-1-2-4-11-8/h1-4,7H,5-6H2,(H,15,16)(H,11,12,14). The van der Waals surface area contributed by atoms with Gasteiger partial charge in [0.25, 0.3) is 0 Å². The minimum atomic E-state index is -0.984. The molecule has 0 aliphatic carbocycles. The van der Waals surface area contributed by atoms with E-state index in [1.807, 2.05) is 0 Å². The molecule has 0 spiro atoms. The Morgan fingerprint density at radius 2 is 2.19 bits per heavy atom. The highest BCUT2D eigenvalue weighted by atomic mass is 16.4. The van der Waals surface area contributed by atoms with Gasteiger partial charge in [-0.15, -0.1) is 0 Å². The average Bonchev–Trinajstić information content (AvgIpc) is 2.15. The molecule has 2 rings (SSSR count). The van der Waals surface area contributed by atoms with Crippen LogP contribution in [-0.2, 0) is 4.79 Å². The van der Waals surface area contributed by atoms with Crippen LogP contribution in [0.15, 0.2) is 24.4 Å². The third-order valence-electron chi connectivity index (χ3n) is 2.44. The number of hydrogen-bond donors (Lipinski definition) is 2. The molecule has 6 heteroatoms. The maximum atomic E-state index is 11.6. The van der Waals surface area contributed by atoms with Crippen LogP contribution in [0.3, 0.4) is 0 Å². The molecule has 1 aromatic rings. The fourth-order valence-corrected chi connectivity index (χ4v) is 1.47. The first-order valence-corrected chi connectivity index (χ1v) is 4.86. The summed E-state index contributed by atoms with van der Waals surface area (Å²) >= 11 is 0. The number of carbonyl (C=O) groups is 2. The summed E-state index contributed by atoms with van der Waals surface area (Å²) in [4.78, 5) is 27.2. The first kappa shape index (κ1) is 10.4. The molecule has 1 aliphatic rings. The zero-order valence-corrected chi connectivity index (χ0v) is 8.46. The Balaban J connectivity index is 1.85. The lowest BCUT2D eigenvalue weighted by molar-refractivity contribution is -0.123. The largest absolute Gasteiger partial charge is 0.465 e. The molecular formula is C10H11N3O3. The number of nitrogens with zero attached hydrogens (tertiary/aromatic N) is 2. The monoisotopic (exact) mass is 221 g/mol. The summed E-state index contributed by atoms with van der Waals surface area (Å²) in [5.41, 5.74) is 0. The van der Waals surface area contributed by atoms with Gasteiger partial charge in [-0.2, -0.15) is 0 Å². The van der Waals surface area contributed by atoms with E-state index < -0.39 is 6.09 Å². The molecule has 0 unspecified atom stereocenters. The van der Waals surface area contributed by atoms with Gasteiger partial charge in [-0.05, 0) is 12.1 Å². The highest BCUT2D eigenvalue weighted by Crippen LogP contribution is 2.17. The van der Waals surface area contributed by atoms with Gasteiger partial charge in [0.2, 0.25) is 5.91 Å². The van der Waals surface area contributed by atoms with Crippen LogP contribution in [0.2, 0.25) is 0 Å². The van der Waals surface area contributed by atoms with Crippen LogP contribution < -0.4 is 5.32 Å². The minimum Gasteiger partial charge on any atom is -0.465 e. The molecule has 0 bridgehead atoms. The van der Waals surface area contributed by atoms with E-state index in [4.69, 9.17) is 5.11 Å². The normalized spacial score (nSPS) is 15.4. The van der Waals surface area contributed by atoms with Gasteiger partial charge < -0.3 is 15.3 Å². The zero-order valence-electron chi connectivity index (χ0n) is 8.46. The molecule has 0 atom stereocenters. The smallest absolute Gasteiger partial charge is 0.407 e. The summed E-state index contributed by atoms with van der Waals surface area (Å²) in [6, 6.07) is 5.21. The number of likely N-dealkylation sites (tertiary alicyclic amines) is 1. The molecule has 1 fully saturated rings.